The first kappa shape index (κ1) is 20.6. The SMILES string of the molecule is COc1ccccc1CC(=O)c1sc(NC(=O)OC(C)(C)C)nc1-c1ccco1. The molecule has 0 saturated heterocycles. The maximum atomic E-state index is 13.1. The van der Waals surface area contributed by atoms with Crippen molar-refractivity contribution in [2.24, 2.45) is 0 Å². The number of amides is 1. The molecular weight excluding hydrogens is 392 g/mol. The van der Waals surface area contributed by atoms with E-state index in [1.807, 2.05) is 18.2 Å². The Hall–Kier alpha value is -3.13. The maximum Gasteiger partial charge on any atom is 0.413 e. The van der Waals surface area contributed by atoms with Crippen LogP contribution in [0.15, 0.2) is 47.1 Å². The number of ketones is 1. The lowest BCUT2D eigenvalue weighted by Gasteiger charge is -2.18. The van der Waals surface area contributed by atoms with Gasteiger partial charge in [0.05, 0.1) is 13.4 Å². The van der Waals surface area contributed by atoms with Gasteiger partial charge in [-0.25, -0.2) is 9.78 Å². The number of ether oxygens (including phenoxy) is 2. The van der Waals surface area contributed by atoms with Gasteiger partial charge in [0.25, 0.3) is 0 Å². The first-order valence-corrected chi connectivity index (χ1v) is 9.78. The second-order valence-electron chi connectivity index (χ2n) is 7.21. The lowest BCUT2D eigenvalue weighted by molar-refractivity contribution is 0.0635. The zero-order valence-corrected chi connectivity index (χ0v) is 17.5. The van der Waals surface area contributed by atoms with E-state index in [4.69, 9.17) is 13.9 Å². The number of Topliss-reactive ketones (excluding diaryl/α,β-unsaturated/α-hetero) is 1. The van der Waals surface area contributed by atoms with E-state index in [1.54, 1.807) is 46.1 Å². The van der Waals surface area contributed by atoms with Crippen LogP contribution >= 0.6 is 11.3 Å². The first-order valence-electron chi connectivity index (χ1n) is 8.96. The Morgan fingerprint density at radius 2 is 1.93 bits per heavy atom. The largest absolute Gasteiger partial charge is 0.496 e. The Morgan fingerprint density at radius 1 is 1.17 bits per heavy atom. The summed E-state index contributed by atoms with van der Waals surface area (Å²) in [6.07, 6.45) is 0.997. The molecule has 0 aliphatic rings. The van der Waals surface area contributed by atoms with Crippen LogP contribution in [-0.4, -0.2) is 29.6 Å². The number of carbonyl (C=O) groups excluding carboxylic acids is 2. The summed E-state index contributed by atoms with van der Waals surface area (Å²) in [7, 11) is 1.56. The van der Waals surface area contributed by atoms with Gasteiger partial charge in [-0.15, -0.1) is 0 Å². The van der Waals surface area contributed by atoms with Crippen molar-refractivity contribution in [2.45, 2.75) is 32.8 Å². The molecule has 1 N–H and O–H groups in total. The van der Waals surface area contributed by atoms with Crippen molar-refractivity contribution in [2.75, 3.05) is 12.4 Å². The summed E-state index contributed by atoms with van der Waals surface area (Å²) >= 11 is 1.08. The summed E-state index contributed by atoms with van der Waals surface area (Å²) in [6, 6.07) is 10.8. The summed E-state index contributed by atoms with van der Waals surface area (Å²) in [5, 5.41) is 2.85. The lowest BCUT2D eigenvalue weighted by atomic mass is 10.1. The molecule has 0 spiro atoms. The van der Waals surface area contributed by atoms with Gasteiger partial charge in [0, 0.05) is 12.0 Å². The van der Waals surface area contributed by atoms with E-state index < -0.39 is 11.7 Å². The molecule has 3 rings (SSSR count). The molecule has 0 aliphatic heterocycles. The van der Waals surface area contributed by atoms with Gasteiger partial charge in [-0.1, -0.05) is 29.5 Å². The number of aromatic nitrogens is 1. The van der Waals surface area contributed by atoms with Crippen LogP contribution in [0.3, 0.4) is 0 Å². The van der Waals surface area contributed by atoms with Gasteiger partial charge in [-0.05, 0) is 39.0 Å². The Balaban J connectivity index is 1.89. The minimum absolute atomic E-state index is 0.131. The van der Waals surface area contributed by atoms with Gasteiger partial charge < -0.3 is 13.9 Å². The van der Waals surface area contributed by atoms with Gasteiger partial charge in [-0.3, -0.25) is 10.1 Å². The molecule has 0 atom stereocenters. The number of hydrogen-bond donors (Lipinski definition) is 1. The number of furan rings is 1. The molecule has 0 aliphatic carbocycles. The topological polar surface area (TPSA) is 90.7 Å². The van der Waals surface area contributed by atoms with Crippen LogP contribution in [0.4, 0.5) is 9.93 Å². The number of thiazole rings is 1. The standard InChI is InChI=1S/C21H22N2O5S/c1-21(2,3)28-20(25)23-19-22-17(16-10-7-11-27-16)18(29-19)14(24)12-13-8-5-6-9-15(13)26-4/h5-11H,12H2,1-4H3,(H,22,23,25). The molecule has 152 valence electrons. The second kappa shape index (κ2) is 8.48. The number of anilines is 1. The molecule has 0 unspecified atom stereocenters. The highest BCUT2D eigenvalue weighted by atomic mass is 32.1. The van der Waals surface area contributed by atoms with E-state index in [0.29, 0.717) is 22.1 Å². The fourth-order valence-corrected chi connectivity index (χ4v) is 3.53. The number of rotatable bonds is 6. The van der Waals surface area contributed by atoms with Crippen molar-refractivity contribution in [3.05, 3.63) is 53.1 Å². The van der Waals surface area contributed by atoms with Crippen molar-refractivity contribution >= 4 is 28.3 Å². The number of hydrogen-bond acceptors (Lipinski definition) is 7. The molecule has 0 fully saturated rings. The molecule has 3 aromatic rings. The number of benzene rings is 1. The van der Waals surface area contributed by atoms with Crippen LogP contribution in [0.1, 0.15) is 36.0 Å². The molecule has 1 aromatic carbocycles. The fraction of sp³-hybridized carbons (Fsp3) is 0.286. The smallest absolute Gasteiger partial charge is 0.413 e. The predicted molar refractivity (Wildman–Crippen MR) is 111 cm³/mol. The van der Waals surface area contributed by atoms with Crippen molar-refractivity contribution in [1.29, 1.82) is 0 Å². The van der Waals surface area contributed by atoms with Crippen LogP contribution in [0.5, 0.6) is 5.75 Å². The molecule has 8 heteroatoms. The van der Waals surface area contributed by atoms with Crippen molar-refractivity contribution in [1.82, 2.24) is 4.98 Å². The van der Waals surface area contributed by atoms with Crippen LogP contribution < -0.4 is 10.1 Å². The van der Waals surface area contributed by atoms with Gasteiger partial charge in [-0.2, -0.15) is 0 Å². The third-order valence-corrected chi connectivity index (χ3v) is 4.80. The minimum Gasteiger partial charge on any atom is -0.496 e. The minimum atomic E-state index is -0.645. The number of nitrogens with zero attached hydrogens (tertiary/aromatic N) is 1. The molecule has 7 nitrogen and oxygen atoms in total. The van der Waals surface area contributed by atoms with Crippen LogP contribution in [-0.2, 0) is 11.2 Å². The van der Waals surface area contributed by atoms with E-state index in [9.17, 15) is 9.59 Å². The third kappa shape index (κ3) is 5.23. The van der Waals surface area contributed by atoms with E-state index in [-0.39, 0.29) is 17.3 Å². The van der Waals surface area contributed by atoms with E-state index in [0.717, 1.165) is 16.9 Å². The second-order valence-corrected chi connectivity index (χ2v) is 8.21. The van der Waals surface area contributed by atoms with Crippen LogP contribution in [0, 0.1) is 0 Å². The summed E-state index contributed by atoms with van der Waals surface area (Å²) in [5.74, 6) is 0.925. The number of nitrogens with one attached hydrogen (secondary N) is 1. The van der Waals surface area contributed by atoms with E-state index >= 15 is 0 Å². The number of methoxy groups -OCH3 is 1. The Bertz CT molecular complexity index is 1000. The molecular formula is C21H22N2O5S. The van der Waals surface area contributed by atoms with Crippen molar-refractivity contribution in [3.63, 3.8) is 0 Å². The monoisotopic (exact) mass is 414 g/mol. The van der Waals surface area contributed by atoms with Gasteiger partial charge in [0.2, 0.25) is 0 Å². The van der Waals surface area contributed by atoms with E-state index in [1.165, 1.54) is 6.26 Å². The molecule has 0 saturated carbocycles. The highest BCUT2D eigenvalue weighted by Crippen LogP contribution is 2.33. The Kier molecular flexibility index (Phi) is 6.03. The fourth-order valence-electron chi connectivity index (χ4n) is 2.64. The first-order chi connectivity index (χ1) is 13.8. The molecule has 2 heterocycles. The summed E-state index contributed by atoms with van der Waals surface area (Å²) < 4.78 is 16.0. The summed E-state index contributed by atoms with van der Waals surface area (Å²) in [6.45, 7) is 5.31. The van der Waals surface area contributed by atoms with Crippen LogP contribution in [0.2, 0.25) is 0 Å². The van der Waals surface area contributed by atoms with E-state index in [2.05, 4.69) is 10.3 Å². The average molecular weight is 414 g/mol. The van der Waals surface area contributed by atoms with Crippen molar-refractivity contribution in [3.8, 4) is 17.2 Å². The zero-order chi connectivity index (χ0) is 21.0. The Morgan fingerprint density at radius 3 is 2.59 bits per heavy atom. The highest BCUT2D eigenvalue weighted by molar-refractivity contribution is 7.18. The molecule has 1 amide bonds. The van der Waals surface area contributed by atoms with Crippen LogP contribution in [0.25, 0.3) is 11.5 Å². The molecule has 2 aromatic heterocycles. The lowest BCUT2D eigenvalue weighted by Crippen LogP contribution is -2.27. The predicted octanol–water partition coefficient (Wildman–Crippen LogP) is 5.18. The van der Waals surface area contributed by atoms with Gasteiger partial charge in [0.1, 0.15) is 21.9 Å². The molecule has 0 radical (unpaired) electrons. The average Bonchev–Trinajstić information content (AvgIpc) is 3.30. The quantitative estimate of drug-likeness (QED) is 0.559. The summed E-state index contributed by atoms with van der Waals surface area (Å²) in [5.41, 5.74) is 0.500. The number of para-hydroxylation sites is 1. The normalized spacial score (nSPS) is 11.2. The molecule has 29 heavy (non-hydrogen) atoms. The maximum absolute atomic E-state index is 13.1. The summed E-state index contributed by atoms with van der Waals surface area (Å²) in [4.78, 5) is 29.9. The highest BCUT2D eigenvalue weighted by Gasteiger charge is 2.24. The molecule has 0 bridgehead atoms. The zero-order valence-electron chi connectivity index (χ0n) is 16.6. The Labute approximate surface area is 172 Å². The third-order valence-electron chi connectivity index (χ3n) is 3.79. The van der Waals surface area contributed by atoms with Crippen molar-refractivity contribution < 1.29 is 23.5 Å². The van der Waals surface area contributed by atoms with Gasteiger partial charge >= 0.3 is 6.09 Å². The number of carbonyl (C=O) groups is 2. The van der Waals surface area contributed by atoms with Gasteiger partial charge in [0.15, 0.2) is 16.7 Å².